The number of benzene rings is 2. The number of thiophene rings is 1. The molecule has 0 aliphatic rings. The Hall–Kier alpha value is -2.08. The summed E-state index contributed by atoms with van der Waals surface area (Å²) in [4.78, 5) is 11.9. The molecule has 0 radical (unpaired) electrons. The summed E-state index contributed by atoms with van der Waals surface area (Å²) in [6.45, 7) is 0.563. The topological polar surface area (TPSA) is 61.4 Å². The Bertz CT molecular complexity index is 832. The fraction of sp³-hybridized carbons (Fsp3) is 0.167. The van der Waals surface area contributed by atoms with Crippen molar-refractivity contribution in [3.05, 3.63) is 70.1 Å². The van der Waals surface area contributed by atoms with E-state index < -0.39 is 6.10 Å². The lowest BCUT2D eigenvalue weighted by molar-refractivity contribution is 0.174. The van der Waals surface area contributed by atoms with Crippen LogP contribution >= 0.6 is 22.9 Å². The van der Waals surface area contributed by atoms with E-state index in [9.17, 15) is 9.90 Å². The summed E-state index contributed by atoms with van der Waals surface area (Å²) in [5, 5.41) is 19.4. The van der Waals surface area contributed by atoms with Crippen molar-refractivity contribution >= 4 is 39.1 Å². The van der Waals surface area contributed by atoms with E-state index in [0.717, 1.165) is 21.2 Å². The number of hydrogen-bond donors (Lipinski definition) is 3. The maximum Gasteiger partial charge on any atom is 0.315 e. The molecule has 3 aromatic rings. The van der Waals surface area contributed by atoms with E-state index in [1.807, 2.05) is 41.8 Å². The van der Waals surface area contributed by atoms with Crippen LogP contribution in [-0.2, 0) is 6.54 Å². The normalized spacial score (nSPS) is 12.1. The van der Waals surface area contributed by atoms with Gasteiger partial charge in [-0.15, -0.1) is 11.3 Å². The van der Waals surface area contributed by atoms with Crippen molar-refractivity contribution in [1.82, 2.24) is 10.6 Å². The molecule has 2 amide bonds. The predicted molar refractivity (Wildman–Crippen MR) is 98.5 cm³/mol. The number of aliphatic hydroxyl groups excluding tert-OH is 1. The van der Waals surface area contributed by atoms with Crippen LogP contribution in [0.15, 0.2) is 53.9 Å². The van der Waals surface area contributed by atoms with Gasteiger partial charge in [0.2, 0.25) is 0 Å². The molecule has 0 saturated carbocycles. The van der Waals surface area contributed by atoms with E-state index >= 15 is 0 Å². The van der Waals surface area contributed by atoms with Gasteiger partial charge in [-0.05, 0) is 34.5 Å². The number of carbonyl (C=O) groups excluding carboxylic acids is 1. The minimum atomic E-state index is -0.734. The number of halogens is 1. The molecule has 0 aliphatic carbocycles. The largest absolute Gasteiger partial charge is 0.387 e. The standard InChI is InChI=1S/C18H17ClN2O2S/c19-13-7-5-12(6-8-13)9-20-18(23)21-10-16(22)15-11-24-17-4-2-1-3-14(15)17/h1-8,11,16,22H,9-10H2,(H2,20,21,23)/t16-/m1/s1. The fourth-order valence-corrected chi connectivity index (χ4v) is 3.54. The Kier molecular flexibility index (Phi) is 5.35. The van der Waals surface area contributed by atoms with E-state index in [1.54, 1.807) is 23.5 Å². The van der Waals surface area contributed by atoms with Crippen molar-refractivity contribution in [3.63, 3.8) is 0 Å². The average Bonchev–Trinajstić information content (AvgIpc) is 3.03. The van der Waals surface area contributed by atoms with Gasteiger partial charge < -0.3 is 15.7 Å². The number of nitrogens with one attached hydrogen (secondary N) is 2. The number of fused-ring (bicyclic) bond motifs is 1. The van der Waals surface area contributed by atoms with E-state index in [1.165, 1.54) is 0 Å². The molecule has 124 valence electrons. The van der Waals surface area contributed by atoms with Crippen LogP contribution in [0.1, 0.15) is 17.2 Å². The quantitative estimate of drug-likeness (QED) is 0.641. The van der Waals surface area contributed by atoms with Gasteiger partial charge in [-0.3, -0.25) is 0 Å². The Labute approximate surface area is 149 Å². The van der Waals surface area contributed by atoms with Gasteiger partial charge in [0.1, 0.15) is 0 Å². The van der Waals surface area contributed by atoms with Gasteiger partial charge in [-0.2, -0.15) is 0 Å². The van der Waals surface area contributed by atoms with Gasteiger partial charge in [-0.1, -0.05) is 41.9 Å². The highest BCUT2D eigenvalue weighted by molar-refractivity contribution is 7.17. The van der Waals surface area contributed by atoms with Crippen LogP contribution in [0.5, 0.6) is 0 Å². The zero-order valence-corrected chi connectivity index (χ0v) is 14.4. The second-order valence-corrected chi connectivity index (χ2v) is 6.74. The first-order chi connectivity index (χ1) is 11.6. The van der Waals surface area contributed by atoms with Crippen LogP contribution < -0.4 is 10.6 Å². The van der Waals surface area contributed by atoms with Crippen molar-refractivity contribution in [2.24, 2.45) is 0 Å². The first-order valence-electron chi connectivity index (χ1n) is 7.54. The predicted octanol–water partition coefficient (Wildman–Crippen LogP) is 4.09. The highest BCUT2D eigenvalue weighted by Gasteiger charge is 2.13. The molecule has 3 N–H and O–H groups in total. The molecule has 0 saturated heterocycles. The molecular formula is C18H17ClN2O2S. The van der Waals surface area contributed by atoms with E-state index in [-0.39, 0.29) is 12.6 Å². The first kappa shape index (κ1) is 16.8. The van der Waals surface area contributed by atoms with Gasteiger partial charge >= 0.3 is 6.03 Å². The van der Waals surface area contributed by atoms with Crippen LogP contribution in [0.2, 0.25) is 5.02 Å². The van der Waals surface area contributed by atoms with Gasteiger partial charge in [0.15, 0.2) is 0 Å². The molecule has 0 unspecified atom stereocenters. The molecule has 1 atom stereocenters. The van der Waals surface area contributed by atoms with Crippen molar-refractivity contribution in [2.75, 3.05) is 6.54 Å². The Morgan fingerprint density at radius 2 is 1.88 bits per heavy atom. The van der Waals surface area contributed by atoms with E-state index in [4.69, 9.17) is 11.6 Å². The van der Waals surface area contributed by atoms with Crippen molar-refractivity contribution < 1.29 is 9.90 Å². The number of aliphatic hydroxyl groups is 1. The molecule has 0 spiro atoms. The third-order valence-corrected chi connectivity index (χ3v) is 4.93. The smallest absolute Gasteiger partial charge is 0.315 e. The van der Waals surface area contributed by atoms with Crippen LogP contribution in [0, 0.1) is 0 Å². The maximum atomic E-state index is 11.9. The highest BCUT2D eigenvalue weighted by atomic mass is 35.5. The molecule has 0 fully saturated rings. The number of rotatable bonds is 5. The molecule has 2 aromatic carbocycles. The lowest BCUT2D eigenvalue weighted by atomic mass is 10.1. The number of hydrogen-bond acceptors (Lipinski definition) is 3. The SMILES string of the molecule is O=C(NCc1ccc(Cl)cc1)NC[C@@H](O)c1csc2ccccc12. The molecule has 1 aromatic heterocycles. The molecule has 4 nitrogen and oxygen atoms in total. The Morgan fingerprint density at radius 3 is 2.67 bits per heavy atom. The second-order valence-electron chi connectivity index (χ2n) is 5.39. The lowest BCUT2D eigenvalue weighted by Crippen LogP contribution is -2.37. The summed E-state index contributed by atoms with van der Waals surface area (Å²) < 4.78 is 1.12. The number of urea groups is 1. The summed E-state index contributed by atoms with van der Waals surface area (Å²) >= 11 is 7.41. The number of amides is 2. The van der Waals surface area contributed by atoms with Crippen LogP contribution in [0.25, 0.3) is 10.1 Å². The van der Waals surface area contributed by atoms with Gasteiger partial charge in [0.05, 0.1) is 6.10 Å². The summed E-state index contributed by atoms with van der Waals surface area (Å²) in [6, 6.07) is 14.9. The molecule has 0 bridgehead atoms. The summed E-state index contributed by atoms with van der Waals surface area (Å²) in [5.41, 5.74) is 1.80. The minimum absolute atomic E-state index is 0.160. The van der Waals surface area contributed by atoms with Crippen molar-refractivity contribution in [2.45, 2.75) is 12.6 Å². The maximum absolute atomic E-state index is 11.9. The fourth-order valence-electron chi connectivity index (χ4n) is 2.40. The lowest BCUT2D eigenvalue weighted by Gasteiger charge is -2.12. The summed E-state index contributed by atoms with van der Waals surface area (Å²) in [5.74, 6) is 0. The molecule has 1 heterocycles. The molecule has 6 heteroatoms. The minimum Gasteiger partial charge on any atom is -0.387 e. The molecule has 24 heavy (non-hydrogen) atoms. The third kappa shape index (κ3) is 4.06. The van der Waals surface area contributed by atoms with Gasteiger partial charge in [0, 0.05) is 28.4 Å². The van der Waals surface area contributed by atoms with Crippen LogP contribution in [0.4, 0.5) is 4.79 Å². The van der Waals surface area contributed by atoms with E-state index in [0.29, 0.717) is 11.6 Å². The first-order valence-corrected chi connectivity index (χ1v) is 8.79. The molecule has 3 rings (SSSR count). The second kappa shape index (κ2) is 7.66. The van der Waals surface area contributed by atoms with E-state index in [2.05, 4.69) is 10.6 Å². The van der Waals surface area contributed by atoms with Crippen molar-refractivity contribution in [3.8, 4) is 0 Å². The van der Waals surface area contributed by atoms with Gasteiger partial charge in [0.25, 0.3) is 0 Å². The molecular weight excluding hydrogens is 344 g/mol. The van der Waals surface area contributed by atoms with Gasteiger partial charge in [-0.25, -0.2) is 4.79 Å². The third-order valence-electron chi connectivity index (χ3n) is 3.69. The van der Waals surface area contributed by atoms with Crippen LogP contribution in [-0.4, -0.2) is 17.7 Å². The monoisotopic (exact) mass is 360 g/mol. The number of carbonyl (C=O) groups is 1. The average molecular weight is 361 g/mol. The summed E-state index contributed by atoms with van der Waals surface area (Å²) in [6.07, 6.45) is -0.734. The highest BCUT2D eigenvalue weighted by Crippen LogP contribution is 2.29. The van der Waals surface area contributed by atoms with Crippen molar-refractivity contribution in [1.29, 1.82) is 0 Å². The zero-order chi connectivity index (χ0) is 16.9. The summed E-state index contributed by atoms with van der Waals surface area (Å²) in [7, 11) is 0. The molecule has 0 aliphatic heterocycles. The zero-order valence-electron chi connectivity index (χ0n) is 12.8. The Morgan fingerprint density at radius 1 is 1.12 bits per heavy atom. The van der Waals surface area contributed by atoms with Crippen LogP contribution in [0.3, 0.4) is 0 Å². The Balaban J connectivity index is 1.51.